The van der Waals surface area contributed by atoms with Crippen molar-refractivity contribution < 1.29 is 36.7 Å². The van der Waals surface area contributed by atoms with Crippen LogP contribution >= 0.6 is 0 Å². The molecular weight excluding hydrogens is 316 g/mol. The van der Waals surface area contributed by atoms with Gasteiger partial charge in [0.25, 0.3) is 10.1 Å². The van der Waals surface area contributed by atoms with Crippen molar-refractivity contribution >= 4 is 10.1 Å². The third kappa shape index (κ3) is 4.60. The monoisotopic (exact) mass is 340 g/mol. The number of hydrogen-bond donors (Lipinski definition) is 1. The normalized spacial score (nSPS) is 39.0. The van der Waals surface area contributed by atoms with Crippen LogP contribution < -0.4 is 0 Å². The Morgan fingerprint density at radius 1 is 1.23 bits per heavy atom. The van der Waals surface area contributed by atoms with E-state index in [1.54, 1.807) is 13.8 Å². The van der Waals surface area contributed by atoms with Gasteiger partial charge in [0.1, 0.15) is 18.3 Å². The van der Waals surface area contributed by atoms with Crippen molar-refractivity contribution in [2.45, 2.75) is 63.2 Å². The Bertz CT molecular complexity index is 476. The van der Waals surface area contributed by atoms with Gasteiger partial charge in [-0.2, -0.15) is 8.42 Å². The molecule has 5 atom stereocenters. The highest BCUT2D eigenvalue weighted by atomic mass is 32.2. The Morgan fingerprint density at radius 3 is 2.50 bits per heavy atom. The van der Waals surface area contributed by atoms with Crippen molar-refractivity contribution in [3.63, 3.8) is 0 Å². The van der Waals surface area contributed by atoms with Gasteiger partial charge in [0, 0.05) is 13.5 Å². The fraction of sp³-hybridized carbons (Fsp3) is 1.00. The molecule has 2 saturated heterocycles. The van der Waals surface area contributed by atoms with Gasteiger partial charge in [0.2, 0.25) is 0 Å². The van der Waals surface area contributed by atoms with Crippen molar-refractivity contribution in [2.24, 2.45) is 0 Å². The second-order valence-electron chi connectivity index (χ2n) is 6.04. The van der Waals surface area contributed by atoms with Gasteiger partial charge in [-0.3, -0.25) is 4.18 Å². The van der Waals surface area contributed by atoms with Crippen molar-refractivity contribution in [1.29, 1.82) is 0 Å². The Hall–Kier alpha value is -0.290. The number of hydrogen-bond acceptors (Lipinski definition) is 8. The molecule has 2 rings (SSSR count). The van der Waals surface area contributed by atoms with Gasteiger partial charge in [0.05, 0.1) is 19.0 Å². The topological polar surface area (TPSA) is 101 Å². The van der Waals surface area contributed by atoms with Gasteiger partial charge >= 0.3 is 0 Å². The van der Waals surface area contributed by atoms with Crippen LogP contribution in [0.4, 0.5) is 0 Å². The fourth-order valence-corrected chi connectivity index (χ4v) is 3.12. The van der Waals surface area contributed by atoms with Crippen LogP contribution in [0.5, 0.6) is 0 Å². The van der Waals surface area contributed by atoms with E-state index in [1.807, 2.05) is 0 Å². The molecule has 1 N–H and O–H groups in total. The van der Waals surface area contributed by atoms with Crippen molar-refractivity contribution in [2.75, 3.05) is 20.0 Å². The molecule has 130 valence electrons. The van der Waals surface area contributed by atoms with Crippen molar-refractivity contribution in [3.05, 3.63) is 0 Å². The molecular formula is C13H24O8S. The van der Waals surface area contributed by atoms with E-state index in [1.165, 1.54) is 7.11 Å². The Balaban J connectivity index is 2.10. The van der Waals surface area contributed by atoms with Crippen LogP contribution in [-0.4, -0.2) is 70.0 Å². The molecule has 0 amide bonds. The summed E-state index contributed by atoms with van der Waals surface area (Å²) >= 11 is 0. The molecule has 9 heteroatoms. The van der Waals surface area contributed by atoms with Crippen LogP contribution in [0.25, 0.3) is 0 Å². The summed E-state index contributed by atoms with van der Waals surface area (Å²) in [6.45, 7) is 3.23. The highest BCUT2D eigenvalue weighted by Gasteiger charge is 2.49. The van der Waals surface area contributed by atoms with Gasteiger partial charge in [-0.1, -0.05) is 0 Å². The van der Waals surface area contributed by atoms with E-state index in [0.29, 0.717) is 12.8 Å². The average Bonchev–Trinajstić information content (AvgIpc) is 2.71. The largest absolute Gasteiger partial charge is 0.390 e. The molecule has 0 aromatic heterocycles. The first kappa shape index (κ1) is 18.1. The Kier molecular flexibility index (Phi) is 5.48. The fourth-order valence-electron chi connectivity index (χ4n) is 2.74. The predicted octanol–water partition coefficient (Wildman–Crippen LogP) is -0.00490. The minimum absolute atomic E-state index is 0.197. The molecule has 2 aliphatic rings. The van der Waals surface area contributed by atoms with Gasteiger partial charge < -0.3 is 24.1 Å². The van der Waals surface area contributed by atoms with E-state index < -0.39 is 46.6 Å². The van der Waals surface area contributed by atoms with E-state index >= 15 is 0 Å². The third-order valence-corrected chi connectivity index (χ3v) is 4.21. The van der Waals surface area contributed by atoms with Gasteiger partial charge in [-0.15, -0.1) is 0 Å². The second-order valence-corrected chi connectivity index (χ2v) is 7.68. The SMILES string of the molecule is CO[C@@H]1CC[C@@H](O)[C@@H]([C@@H]2OC(C)(C)O[C@H]2COS(C)(=O)=O)O1. The summed E-state index contributed by atoms with van der Waals surface area (Å²) in [4.78, 5) is 0. The van der Waals surface area contributed by atoms with Gasteiger partial charge in [-0.25, -0.2) is 0 Å². The van der Waals surface area contributed by atoms with Crippen LogP contribution in [0.15, 0.2) is 0 Å². The lowest BCUT2D eigenvalue weighted by molar-refractivity contribution is -0.245. The van der Waals surface area contributed by atoms with Crippen molar-refractivity contribution in [1.82, 2.24) is 0 Å². The molecule has 0 saturated carbocycles. The molecule has 0 spiro atoms. The highest BCUT2D eigenvalue weighted by molar-refractivity contribution is 7.85. The summed E-state index contributed by atoms with van der Waals surface area (Å²) in [5.41, 5.74) is 0. The van der Waals surface area contributed by atoms with E-state index in [9.17, 15) is 13.5 Å². The first-order chi connectivity index (χ1) is 10.1. The molecule has 0 bridgehead atoms. The van der Waals surface area contributed by atoms with Crippen LogP contribution in [0.1, 0.15) is 26.7 Å². The van der Waals surface area contributed by atoms with Gasteiger partial charge in [-0.05, 0) is 20.3 Å². The molecule has 0 unspecified atom stereocenters. The summed E-state index contributed by atoms with van der Waals surface area (Å²) in [5, 5.41) is 10.2. The zero-order valence-corrected chi connectivity index (χ0v) is 14.0. The predicted molar refractivity (Wildman–Crippen MR) is 75.5 cm³/mol. The van der Waals surface area contributed by atoms with Crippen LogP contribution in [0.2, 0.25) is 0 Å². The quantitative estimate of drug-likeness (QED) is 0.698. The number of aliphatic hydroxyl groups is 1. The van der Waals surface area contributed by atoms with Crippen molar-refractivity contribution in [3.8, 4) is 0 Å². The first-order valence-electron chi connectivity index (χ1n) is 7.17. The minimum Gasteiger partial charge on any atom is -0.390 e. The number of aliphatic hydroxyl groups excluding tert-OH is 1. The lowest BCUT2D eigenvalue weighted by Gasteiger charge is -2.37. The number of rotatable bonds is 5. The number of methoxy groups -OCH3 is 1. The zero-order chi connectivity index (χ0) is 16.5. The van der Waals surface area contributed by atoms with Gasteiger partial charge in [0.15, 0.2) is 12.1 Å². The maximum absolute atomic E-state index is 11.2. The standard InChI is InChI=1S/C13H24O8S/c1-13(2)20-9(7-18-22(4,15)16)12(21-13)11-8(14)5-6-10(17-3)19-11/h8-12,14H,5-7H2,1-4H3/t8-,9+,10+,11+,12-/m1/s1. The van der Waals surface area contributed by atoms with E-state index in [2.05, 4.69) is 0 Å². The van der Waals surface area contributed by atoms with E-state index in [-0.39, 0.29) is 6.61 Å². The lowest BCUT2D eigenvalue weighted by Crippen LogP contribution is -2.51. The highest BCUT2D eigenvalue weighted by Crippen LogP contribution is 2.35. The first-order valence-corrected chi connectivity index (χ1v) is 8.99. The van der Waals surface area contributed by atoms with E-state index in [4.69, 9.17) is 23.1 Å². The van der Waals surface area contributed by atoms with Crippen LogP contribution in [0.3, 0.4) is 0 Å². The zero-order valence-electron chi connectivity index (χ0n) is 13.2. The molecule has 22 heavy (non-hydrogen) atoms. The second kappa shape index (κ2) is 6.68. The molecule has 2 heterocycles. The molecule has 0 aromatic carbocycles. The molecule has 8 nitrogen and oxygen atoms in total. The smallest absolute Gasteiger partial charge is 0.264 e. The molecule has 2 fully saturated rings. The van der Waals surface area contributed by atoms with Crippen LogP contribution in [-0.2, 0) is 33.2 Å². The summed E-state index contributed by atoms with van der Waals surface area (Å²) < 4.78 is 49.5. The maximum atomic E-state index is 11.2. The lowest BCUT2D eigenvalue weighted by atomic mass is 9.97. The summed E-state index contributed by atoms with van der Waals surface area (Å²) in [5.74, 6) is -0.917. The maximum Gasteiger partial charge on any atom is 0.264 e. The Labute approximate surface area is 130 Å². The average molecular weight is 340 g/mol. The molecule has 2 aliphatic heterocycles. The number of ether oxygens (including phenoxy) is 4. The third-order valence-electron chi connectivity index (χ3n) is 3.64. The minimum atomic E-state index is -3.60. The molecule has 0 aromatic rings. The van der Waals surface area contributed by atoms with Crippen LogP contribution in [0, 0.1) is 0 Å². The van der Waals surface area contributed by atoms with E-state index in [0.717, 1.165) is 6.26 Å². The summed E-state index contributed by atoms with van der Waals surface area (Å²) in [7, 11) is -2.07. The summed E-state index contributed by atoms with van der Waals surface area (Å²) in [6, 6.07) is 0. The molecule has 0 aliphatic carbocycles. The molecule has 0 radical (unpaired) electrons. The summed E-state index contributed by atoms with van der Waals surface area (Å²) in [6.07, 6.45) is -1.11. The Morgan fingerprint density at radius 2 is 1.91 bits per heavy atom.